The molecule has 0 spiro atoms. The number of nitrogens with zero attached hydrogens (tertiary/aromatic N) is 5. The van der Waals surface area contributed by atoms with Crippen LogP contribution < -0.4 is 0 Å². The van der Waals surface area contributed by atoms with Gasteiger partial charge in [0.1, 0.15) is 18.1 Å². The Morgan fingerprint density at radius 3 is 2.71 bits per heavy atom. The van der Waals surface area contributed by atoms with Crippen LogP contribution in [-0.2, 0) is 9.53 Å². The Labute approximate surface area is 198 Å². The van der Waals surface area contributed by atoms with Crippen molar-refractivity contribution >= 4 is 29.1 Å². The van der Waals surface area contributed by atoms with Crippen molar-refractivity contribution in [3.05, 3.63) is 47.4 Å². The Morgan fingerprint density at radius 2 is 2.03 bits per heavy atom. The van der Waals surface area contributed by atoms with Crippen LogP contribution in [0.4, 0.5) is 8.78 Å². The molecule has 2 heterocycles. The second kappa shape index (κ2) is 10.4. The molecule has 1 amide bonds. The summed E-state index contributed by atoms with van der Waals surface area (Å²) in [5.74, 6) is 0.543. The van der Waals surface area contributed by atoms with Gasteiger partial charge in [-0.1, -0.05) is 6.92 Å². The highest BCUT2D eigenvalue weighted by Gasteiger charge is 2.38. The Morgan fingerprint density at radius 1 is 1.26 bits per heavy atom. The number of amidine groups is 1. The smallest absolute Gasteiger partial charge is 0.243 e. The van der Waals surface area contributed by atoms with E-state index in [2.05, 4.69) is 20.1 Å². The van der Waals surface area contributed by atoms with E-state index < -0.39 is 5.67 Å². The fraction of sp³-hybridized carbons (Fsp3) is 0.480. The molecule has 0 atom stereocenters. The van der Waals surface area contributed by atoms with Gasteiger partial charge in [0.15, 0.2) is 11.7 Å². The molecule has 0 unspecified atom stereocenters. The van der Waals surface area contributed by atoms with Gasteiger partial charge in [0.05, 0.1) is 24.5 Å². The summed E-state index contributed by atoms with van der Waals surface area (Å²) in [6.07, 6.45) is 5.23. The molecule has 1 aliphatic carbocycles. The van der Waals surface area contributed by atoms with E-state index in [-0.39, 0.29) is 24.9 Å². The average molecular weight is 470 g/mol. The lowest BCUT2D eigenvalue weighted by Crippen LogP contribution is -2.37. The van der Waals surface area contributed by atoms with Crippen molar-refractivity contribution in [1.82, 2.24) is 5.01 Å². The summed E-state index contributed by atoms with van der Waals surface area (Å²) in [5.41, 5.74) is 1.92. The van der Waals surface area contributed by atoms with E-state index in [0.717, 1.165) is 29.0 Å². The molecule has 0 aromatic heterocycles. The summed E-state index contributed by atoms with van der Waals surface area (Å²) in [6.45, 7) is 4.36. The number of allylic oxidation sites excluding steroid dienone is 1. The van der Waals surface area contributed by atoms with Gasteiger partial charge >= 0.3 is 0 Å². The fourth-order valence-corrected chi connectivity index (χ4v) is 3.87. The number of hydrazone groups is 1. The molecule has 1 fully saturated rings. The van der Waals surface area contributed by atoms with E-state index in [0.29, 0.717) is 50.4 Å². The largest absolute Gasteiger partial charge is 0.478 e. The van der Waals surface area contributed by atoms with Gasteiger partial charge in [0.2, 0.25) is 5.91 Å². The first-order chi connectivity index (χ1) is 16.3. The van der Waals surface area contributed by atoms with Crippen LogP contribution in [0.5, 0.6) is 0 Å². The minimum atomic E-state index is -1.22. The van der Waals surface area contributed by atoms with Gasteiger partial charge in [-0.2, -0.15) is 5.10 Å². The fourth-order valence-electron chi connectivity index (χ4n) is 3.87. The Balaban J connectivity index is 1.41. The van der Waals surface area contributed by atoms with Crippen molar-refractivity contribution in [1.29, 1.82) is 0 Å². The average Bonchev–Trinajstić information content (AvgIpc) is 3.27. The third-order valence-corrected chi connectivity index (χ3v) is 6.16. The van der Waals surface area contributed by atoms with Gasteiger partial charge in [-0.3, -0.25) is 9.79 Å². The van der Waals surface area contributed by atoms with Crippen LogP contribution >= 0.6 is 0 Å². The van der Waals surface area contributed by atoms with Gasteiger partial charge < -0.3 is 4.74 Å². The third kappa shape index (κ3) is 5.81. The molecule has 1 saturated carbocycles. The molecule has 4 rings (SSSR count). The number of aliphatic imine (C=N–C) groups is 3. The van der Waals surface area contributed by atoms with Gasteiger partial charge in [0, 0.05) is 31.5 Å². The molecule has 1 aromatic carbocycles. The van der Waals surface area contributed by atoms with Crippen LogP contribution in [0.25, 0.3) is 0 Å². The summed E-state index contributed by atoms with van der Waals surface area (Å²) in [4.78, 5) is 25.8. The number of ether oxygens (including phenoxy) is 1. The molecular formula is C25H29F2N5O2. The number of hydrogen-bond acceptors (Lipinski definition) is 6. The maximum absolute atomic E-state index is 14.1. The van der Waals surface area contributed by atoms with E-state index in [1.807, 2.05) is 6.92 Å². The van der Waals surface area contributed by atoms with E-state index in [4.69, 9.17) is 4.74 Å². The van der Waals surface area contributed by atoms with E-state index in [9.17, 15) is 13.6 Å². The maximum Gasteiger partial charge on any atom is 0.243 e. The number of hydrogen-bond donors (Lipinski definition) is 0. The summed E-state index contributed by atoms with van der Waals surface area (Å²) in [6, 6.07) is 6.00. The summed E-state index contributed by atoms with van der Waals surface area (Å²) >= 11 is 0. The van der Waals surface area contributed by atoms with Crippen molar-refractivity contribution in [3.8, 4) is 0 Å². The van der Waals surface area contributed by atoms with E-state index in [1.165, 1.54) is 17.1 Å². The van der Waals surface area contributed by atoms with Crippen molar-refractivity contribution in [2.24, 2.45) is 20.1 Å². The van der Waals surface area contributed by atoms with Crippen molar-refractivity contribution in [3.63, 3.8) is 0 Å². The normalized spacial score (nSPS) is 20.5. The highest BCUT2D eigenvalue weighted by molar-refractivity contribution is 6.13. The number of carbonyl (C=O) groups excluding carboxylic acids is 1. The molecule has 0 radical (unpaired) electrons. The Bertz CT molecular complexity index is 1090. The molecular weight excluding hydrogens is 440 g/mol. The molecule has 0 saturated heterocycles. The second-order valence-corrected chi connectivity index (χ2v) is 8.77. The molecule has 180 valence electrons. The quantitative estimate of drug-likeness (QED) is 0.411. The molecule has 1 aromatic rings. The second-order valence-electron chi connectivity index (χ2n) is 8.77. The van der Waals surface area contributed by atoms with E-state index >= 15 is 0 Å². The zero-order chi connectivity index (χ0) is 24.1. The van der Waals surface area contributed by atoms with Crippen molar-refractivity contribution in [2.75, 3.05) is 19.7 Å². The number of carbonyl (C=O) groups is 1. The highest BCUT2D eigenvalue weighted by atomic mass is 19.1. The molecule has 2 aliphatic heterocycles. The monoisotopic (exact) mass is 469 g/mol. The standard InChI is InChI=1S/C25H29F2N5O2/c1-3-18(13-28-17(2)34-16-25(27)11-4-12-25)22-9-10-23(33)32(31-22)15-21-14-29-24(30-21)19-5-7-20(26)8-6-19/h5-8,13H,3-4,9-12,14-16H2,1-2H3/b18-13+,28-17+. The van der Waals surface area contributed by atoms with Crippen LogP contribution in [0, 0.1) is 5.82 Å². The zero-order valence-electron chi connectivity index (χ0n) is 19.6. The van der Waals surface area contributed by atoms with Crippen molar-refractivity contribution < 1.29 is 18.3 Å². The van der Waals surface area contributed by atoms with Gasteiger partial charge in [-0.05, 0) is 55.5 Å². The zero-order valence-corrected chi connectivity index (χ0v) is 19.6. The van der Waals surface area contributed by atoms with Gasteiger partial charge in [-0.15, -0.1) is 0 Å². The predicted octanol–water partition coefficient (Wildman–Crippen LogP) is 4.63. The first-order valence-electron chi connectivity index (χ1n) is 11.7. The number of halogens is 2. The molecule has 3 aliphatic rings. The summed E-state index contributed by atoms with van der Waals surface area (Å²) < 4.78 is 32.8. The van der Waals surface area contributed by atoms with Crippen LogP contribution in [0.1, 0.15) is 57.9 Å². The summed E-state index contributed by atoms with van der Waals surface area (Å²) in [7, 11) is 0. The Hall–Kier alpha value is -3.23. The number of amides is 1. The molecule has 0 N–H and O–H groups in total. The highest BCUT2D eigenvalue weighted by Crippen LogP contribution is 2.35. The van der Waals surface area contributed by atoms with Gasteiger partial charge in [0.25, 0.3) is 0 Å². The lowest BCUT2D eigenvalue weighted by molar-refractivity contribution is -0.130. The molecule has 34 heavy (non-hydrogen) atoms. The minimum absolute atomic E-state index is 0.0327. The minimum Gasteiger partial charge on any atom is -0.478 e. The lowest BCUT2D eigenvalue weighted by Gasteiger charge is -2.33. The molecule has 9 heteroatoms. The SMILES string of the molecule is CC/C(=C\N=C(/C)OCC1(F)CCC1)C1=NN(CC2=NC(c3ccc(F)cc3)=NC2)C(=O)CC1. The first-order valence-corrected chi connectivity index (χ1v) is 11.7. The molecule has 0 bridgehead atoms. The topological polar surface area (TPSA) is 79.0 Å². The van der Waals surface area contributed by atoms with Gasteiger partial charge in [-0.25, -0.2) is 23.8 Å². The number of alkyl halides is 1. The number of benzene rings is 1. The molecule has 7 nitrogen and oxygen atoms in total. The lowest BCUT2D eigenvalue weighted by atomic mass is 9.83. The number of rotatable bonds is 8. The summed E-state index contributed by atoms with van der Waals surface area (Å²) in [5, 5.41) is 6.00. The third-order valence-electron chi connectivity index (χ3n) is 6.16. The maximum atomic E-state index is 14.1. The first kappa shape index (κ1) is 23.9. The van der Waals surface area contributed by atoms with Crippen LogP contribution in [0.2, 0.25) is 0 Å². The predicted molar refractivity (Wildman–Crippen MR) is 129 cm³/mol. The Kier molecular flexibility index (Phi) is 7.29. The van der Waals surface area contributed by atoms with E-state index in [1.54, 1.807) is 25.3 Å². The van der Waals surface area contributed by atoms with Crippen LogP contribution in [-0.4, -0.2) is 59.4 Å². The van der Waals surface area contributed by atoms with Crippen LogP contribution in [0.15, 0.2) is 56.1 Å². The van der Waals surface area contributed by atoms with Crippen molar-refractivity contribution in [2.45, 2.75) is 58.0 Å². The van der Waals surface area contributed by atoms with Crippen LogP contribution in [0.3, 0.4) is 0 Å².